The summed E-state index contributed by atoms with van der Waals surface area (Å²) < 4.78 is 0. The van der Waals surface area contributed by atoms with Crippen LogP contribution in [0, 0.1) is 6.92 Å². The van der Waals surface area contributed by atoms with Gasteiger partial charge < -0.3 is 9.80 Å². The van der Waals surface area contributed by atoms with E-state index in [9.17, 15) is 0 Å². The summed E-state index contributed by atoms with van der Waals surface area (Å²) in [5.41, 5.74) is 0. The molecule has 0 aromatic heterocycles. The molecular formula is C19H37N2. The van der Waals surface area contributed by atoms with Crippen LogP contribution in [0.3, 0.4) is 0 Å². The second-order valence-electron chi connectivity index (χ2n) is 7.46. The van der Waals surface area contributed by atoms with Gasteiger partial charge in [-0.3, -0.25) is 0 Å². The Kier molecular flexibility index (Phi) is 7.53. The molecule has 0 heterocycles. The third-order valence-corrected chi connectivity index (χ3v) is 6.06. The van der Waals surface area contributed by atoms with Crippen molar-refractivity contribution in [2.24, 2.45) is 0 Å². The molecule has 21 heavy (non-hydrogen) atoms. The van der Waals surface area contributed by atoms with E-state index in [4.69, 9.17) is 0 Å². The molecule has 0 bridgehead atoms. The van der Waals surface area contributed by atoms with Gasteiger partial charge in [-0.05, 0) is 65.6 Å². The van der Waals surface area contributed by atoms with E-state index in [2.05, 4.69) is 30.8 Å². The van der Waals surface area contributed by atoms with E-state index < -0.39 is 0 Å². The van der Waals surface area contributed by atoms with E-state index in [-0.39, 0.29) is 0 Å². The lowest BCUT2D eigenvalue weighted by atomic mass is 9.92. The third-order valence-electron chi connectivity index (χ3n) is 6.06. The van der Waals surface area contributed by atoms with Crippen LogP contribution in [0.5, 0.6) is 0 Å². The Morgan fingerprint density at radius 1 is 0.905 bits per heavy atom. The first-order valence-electron chi connectivity index (χ1n) is 9.43. The van der Waals surface area contributed by atoms with Crippen molar-refractivity contribution in [3.05, 3.63) is 6.92 Å². The van der Waals surface area contributed by atoms with E-state index >= 15 is 0 Å². The van der Waals surface area contributed by atoms with Gasteiger partial charge in [-0.1, -0.05) is 39.0 Å². The highest BCUT2D eigenvalue weighted by atomic mass is 15.2. The summed E-state index contributed by atoms with van der Waals surface area (Å²) in [4.78, 5) is 5.29. The predicted molar refractivity (Wildman–Crippen MR) is 92.5 cm³/mol. The number of rotatable bonds is 8. The number of hydrogen-bond donors (Lipinski definition) is 0. The van der Waals surface area contributed by atoms with Gasteiger partial charge in [-0.25, -0.2) is 0 Å². The SMILES string of the molecule is [CH2]CC(CCCN(C)C1CCCC1)N(C)C1CCCCC1. The molecule has 2 rings (SSSR count). The van der Waals surface area contributed by atoms with E-state index in [1.165, 1.54) is 77.2 Å². The van der Waals surface area contributed by atoms with Crippen LogP contribution in [0.1, 0.15) is 77.0 Å². The van der Waals surface area contributed by atoms with Crippen molar-refractivity contribution in [3.63, 3.8) is 0 Å². The summed E-state index contributed by atoms with van der Waals surface area (Å²) in [5.74, 6) is 0. The summed E-state index contributed by atoms with van der Waals surface area (Å²) in [6.45, 7) is 5.50. The van der Waals surface area contributed by atoms with Gasteiger partial charge in [0.15, 0.2) is 0 Å². The first-order valence-corrected chi connectivity index (χ1v) is 9.43. The molecule has 0 N–H and O–H groups in total. The lowest BCUT2D eigenvalue weighted by molar-refractivity contribution is 0.125. The molecule has 0 amide bonds. The van der Waals surface area contributed by atoms with E-state index in [0.717, 1.165) is 18.5 Å². The van der Waals surface area contributed by atoms with Crippen molar-refractivity contribution in [1.82, 2.24) is 9.80 Å². The van der Waals surface area contributed by atoms with Crippen molar-refractivity contribution in [2.75, 3.05) is 20.6 Å². The van der Waals surface area contributed by atoms with Crippen molar-refractivity contribution < 1.29 is 0 Å². The highest BCUT2D eigenvalue weighted by Gasteiger charge is 2.24. The highest BCUT2D eigenvalue weighted by molar-refractivity contribution is 4.81. The maximum Gasteiger partial charge on any atom is 0.00956 e. The third kappa shape index (κ3) is 5.25. The minimum atomic E-state index is 0.699. The molecule has 1 unspecified atom stereocenters. The lowest BCUT2D eigenvalue weighted by Crippen LogP contribution is -2.41. The molecule has 0 saturated heterocycles. The zero-order valence-corrected chi connectivity index (χ0v) is 14.5. The van der Waals surface area contributed by atoms with Crippen LogP contribution in [0.15, 0.2) is 0 Å². The molecule has 2 heteroatoms. The Hall–Kier alpha value is -0.0800. The van der Waals surface area contributed by atoms with E-state index in [1.807, 2.05) is 0 Å². The fourth-order valence-corrected chi connectivity index (χ4v) is 4.44. The Bertz CT molecular complexity index is 267. The minimum absolute atomic E-state index is 0.699. The predicted octanol–water partition coefficient (Wildman–Crippen LogP) is 4.50. The van der Waals surface area contributed by atoms with E-state index in [0.29, 0.717) is 6.04 Å². The molecule has 0 aliphatic heterocycles. The Balaban J connectivity index is 1.68. The van der Waals surface area contributed by atoms with Gasteiger partial charge in [0.25, 0.3) is 0 Å². The summed E-state index contributed by atoms with van der Waals surface area (Å²) in [6.07, 6.45) is 16.6. The van der Waals surface area contributed by atoms with Crippen molar-refractivity contribution >= 4 is 0 Å². The normalized spacial score (nSPS) is 23.3. The molecule has 1 atom stereocenters. The quantitative estimate of drug-likeness (QED) is 0.650. The molecule has 0 aromatic rings. The van der Waals surface area contributed by atoms with Crippen LogP contribution in [-0.2, 0) is 0 Å². The van der Waals surface area contributed by atoms with Crippen molar-refractivity contribution in [3.8, 4) is 0 Å². The molecule has 0 aromatic carbocycles. The van der Waals surface area contributed by atoms with Crippen LogP contribution in [0.4, 0.5) is 0 Å². The van der Waals surface area contributed by atoms with Crippen LogP contribution in [-0.4, -0.2) is 48.6 Å². The summed E-state index contributed by atoms with van der Waals surface area (Å²) in [7, 11) is 4.69. The largest absolute Gasteiger partial charge is 0.303 e. The molecule has 1 radical (unpaired) electrons. The molecule has 2 nitrogen and oxygen atoms in total. The standard InChI is InChI=1S/C19H37N2/c1-4-17(21(3)19-13-6-5-7-14-19)15-10-16-20(2)18-11-8-9-12-18/h17-19H,1,4-16H2,2-3H3. The summed E-state index contributed by atoms with van der Waals surface area (Å²) >= 11 is 0. The molecule has 123 valence electrons. The van der Waals surface area contributed by atoms with Crippen LogP contribution in [0.25, 0.3) is 0 Å². The monoisotopic (exact) mass is 293 g/mol. The molecule has 2 saturated carbocycles. The lowest BCUT2D eigenvalue weighted by Gasteiger charge is -2.37. The Morgan fingerprint density at radius 3 is 2.10 bits per heavy atom. The highest BCUT2D eigenvalue weighted by Crippen LogP contribution is 2.26. The zero-order chi connectivity index (χ0) is 15.1. The van der Waals surface area contributed by atoms with E-state index in [1.54, 1.807) is 0 Å². The molecule has 2 aliphatic rings. The fraction of sp³-hybridized carbons (Fsp3) is 0.947. The van der Waals surface area contributed by atoms with Gasteiger partial charge in [-0.15, -0.1) is 0 Å². The molecule has 2 aliphatic carbocycles. The number of hydrogen-bond acceptors (Lipinski definition) is 2. The van der Waals surface area contributed by atoms with Crippen molar-refractivity contribution in [1.29, 1.82) is 0 Å². The zero-order valence-electron chi connectivity index (χ0n) is 14.5. The Morgan fingerprint density at radius 2 is 1.48 bits per heavy atom. The van der Waals surface area contributed by atoms with Gasteiger partial charge in [0.1, 0.15) is 0 Å². The summed E-state index contributed by atoms with van der Waals surface area (Å²) in [5, 5.41) is 0. The van der Waals surface area contributed by atoms with Crippen LogP contribution >= 0.6 is 0 Å². The fourth-order valence-electron chi connectivity index (χ4n) is 4.44. The molecular weight excluding hydrogens is 256 g/mol. The maximum absolute atomic E-state index is 4.22. The van der Waals surface area contributed by atoms with Gasteiger partial charge >= 0.3 is 0 Å². The minimum Gasteiger partial charge on any atom is -0.303 e. The average Bonchev–Trinajstić information content (AvgIpc) is 3.06. The van der Waals surface area contributed by atoms with Gasteiger partial charge in [0, 0.05) is 18.1 Å². The first kappa shape index (κ1) is 17.3. The maximum atomic E-state index is 4.22. The average molecular weight is 294 g/mol. The smallest absolute Gasteiger partial charge is 0.00956 e. The van der Waals surface area contributed by atoms with Crippen LogP contribution < -0.4 is 0 Å². The van der Waals surface area contributed by atoms with Gasteiger partial charge in [0.05, 0.1) is 0 Å². The summed E-state index contributed by atoms with van der Waals surface area (Å²) in [6, 6.07) is 2.41. The topological polar surface area (TPSA) is 6.48 Å². The molecule has 2 fully saturated rings. The number of nitrogens with zero attached hydrogens (tertiary/aromatic N) is 2. The second-order valence-corrected chi connectivity index (χ2v) is 7.46. The second kappa shape index (κ2) is 9.15. The Labute approximate surface area is 133 Å². The van der Waals surface area contributed by atoms with Gasteiger partial charge in [-0.2, -0.15) is 0 Å². The van der Waals surface area contributed by atoms with Gasteiger partial charge in [0.2, 0.25) is 0 Å². The molecule has 0 spiro atoms. The first-order chi connectivity index (χ1) is 10.2. The van der Waals surface area contributed by atoms with Crippen molar-refractivity contribution in [2.45, 2.75) is 95.2 Å². The van der Waals surface area contributed by atoms with Crippen LogP contribution in [0.2, 0.25) is 0 Å².